The summed E-state index contributed by atoms with van der Waals surface area (Å²) in [6, 6.07) is 13.7. The number of anilines is 1. The van der Waals surface area contributed by atoms with Gasteiger partial charge in [0.2, 0.25) is 0 Å². The summed E-state index contributed by atoms with van der Waals surface area (Å²) in [6.07, 6.45) is 0. The maximum absolute atomic E-state index is 12.2. The molecular formula is C26H19N5O12S4. The average molecular weight is 722 g/mol. The Morgan fingerprint density at radius 1 is 0.617 bits per heavy atom. The number of benzene rings is 5. The summed E-state index contributed by atoms with van der Waals surface area (Å²) >= 11 is -2.82. The van der Waals surface area contributed by atoms with Crippen LogP contribution in [0.5, 0.6) is 5.75 Å². The Balaban J connectivity index is 1.65. The number of hydrogen-bond donors (Lipinski definition) is 6. The predicted octanol–water partition coefficient (Wildman–Crippen LogP) is 5.43. The molecule has 0 amide bonds. The van der Waals surface area contributed by atoms with Crippen molar-refractivity contribution in [3.05, 3.63) is 72.8 Å². The molecule has 5 aromatic carbocycles. The number of aromatic hydroxyl groups is 1. The number of phenols is 1. The van der Waals surface area contributed by atoms with Crippen molar-refractivity contribution in [2.45, 2.75) is 19.6 Å². The molecule has 0 aliphatic carbocycles. The quantitative estimate of drug-likeness (QED) is 0.0504. The van der Waals surface area contributed by atoms with Crippen molar-refractivity contribution in [1.82, 2.24) is 0 Å². The molecular weight excluding hydrogens is 703 g/mol. The van der Waals surface area contributed by atoms with Crippen molar-refractivity contribution in [3.63, 3.8) is 0 Å². The van der Waals surface area contributed by atoms with Crippen molar-refractivity contribution < 1.29 is 52.8 Å². The number of nitrogens with zero attached hydrogens (tertiary/aromatic N) is 4. The predicted molar refractivity (Wildman–Crippen MR) is 167 cm³/mol. The zero-order valence-electron chi connectivity index (χ0n) is 23.0. The molecule has 244 valence electrons. The molecule has 1 unspecified atom stereocenters. The van der Waals surface area contributed by atoms with Gasteiger partial charge in [0.15, 0.2) is 16.8 Å². The highest BCUT2D eigenvalue weighted by molar-refractivity contribution is 7.86. The standard InChI is InChI=1S/C26H19N5O12S4/c27-20-12-18-13(10-24(20)47(41,42)43)9-23(44(33)34)25(26(18)32)31-30-22-8-7-21(17-6-5-16(11-19(17)22)46(38,39)40)29-28-14-1-3-15(4-2-14)45(35,36)37/h1-12,32H,27H2,(H,33,34)(H,35,36,37)(H,38,39,40)(H,41,42,43). The van der Waals surface area contributed by atoms with E-state index in [0.717, 1.165) is 42.5 Å². The van der Waals surface area contributed by atoms with Gasteiger partial charge in [0.1, 0.15) is 10.6 Å². The zero-order chi connectivity index (χ0) is 34.5. The molecule has 1 atom stereocenters. The third-order valence-corrected chi connectivity index (χ3v) is 9.87. The van der Waals surface area contributed by atoms with Crippen molar-refractivity contribution in [3.8, 4) is 5.75 Å². The summed E-state index contributed by atoms with van der Waals surface area (Å²) in [5.74, 6) is -0.731. The van der Waals surface area contributed by atoms with Crippen LogP contribution in [0.3, 0.4) is 0 Å². The van der Waals surface area contributed by atoms with E-state index in [9.17, 15) is 48.2 Å². The molecule has 0 saturated heterocycles. The molecule has 47 heavy (non-hydrogen) atoms. The maximum Gasteiger partial charge on any atom is 0.296 e. The van der Waals surface area contributed by atoms with Gasteiger partial charge in [0, 0.05) is 16.2 Å². The van der Waals surface area contributed by atoms with Crippen LogP contribution in [0.1, 0.15) is 0 Å². The molecule has 0 bridgehead atoms. The summed E-state index contributed by atoms with van der Waals surface area (Å²) in [5.41, 5.74) is 5.01. The Morgan fingerprint density at radius 3 is 1.77 bits per heavy atom. The summed E-state index contributed by atoms with van der Waals surface area (Å²) < 4.78 is 120. The fourth-order valence-electron chi connectivity index (χ4n) is 4.37. The Hall–Kier alpha value is -4.74. The Bertz CT molecular complexity index is 2540. The monoisotopic (exact) mass is 721 g/mol. The minimum absolute atomic E-state index is 0.0380. The van der Waals surface area contributed by atoms with Crippen LogP contribution in [0.2, 0.25) is 0 Å². The number of hydrogen-bond acceptors (Lipinski definition) is 13. The van der Waals surface area contributed by atoms with E-state index >= 15 is 0 Å². The van der Waals surface area contributed by atoms with Gasteiger partial charge in [-0.1, -0.05) is 6.07 Å². The third-order valence-electron chi connectivity index (χ3n) is 6.55. The van der Waals surface area contributed by atoms with Crippen LogP contribution in [0.4, 0.5) is 28.4 Å². The van der Waals surface area contributed by atoms with E-state index in [1.165, 1.54) is 30.3 Å². The van der Waals surface area contributed by atoms with E-state index in [1.807, 2.05) is 0 Å². The van der Waals surface area contributed by atoms with Gasteiger partial charge in [0.05, 0.1) is 37.4 Å². The van der Waals surface area contributed by atoms with E-state index < -0.39 is 73.2 Å². The second kappa shape index (κ2) is 12.1. The molecule has 0 radical (unpaired) electrons. The van der Waals surface area contributed by atoms with Crippen molar-refractivity contribution in [2.24, 2.45) is 20.5 Å². The second-order valence-corrected chi connectivity index (χ2v) is 14.7. The minimum atomic E-state index is -4.79. The number of nitrogens with two attached hydrogens (primary N) is 1. The van der Waals surface area contributed by atoms with Gasteiger partial charge in [-0.15, -0.1) is 15.3 Å². The van der Waals surface area contributed by atoms with Crippen LogP contribution < -0.4 is 5.73 Å². The van der Waals surface area contributed by atoms with Crippen LogP contribution in [0.15, 0.2) is 113 Å². The van der Waals surface area contributed by atoms with E-state index in [1.54, 1.807) is 0 Å². The van der Waals surface area contributed by atoms with E-state index in [-0.39, 0.29) is 43.5 Å². The Kier molecular flexibility index (Phi) is 8.67. The molecule has 21 heteroatoms. The summed E-state index contributed by atoms with van der Waals surface area (Å²) in [7, 11) is -13.9. The SMILES string of the molecule is Nc1cc2c(O)c(N=Nc3ccc(N=Nc4ccc(S(=O)(=O)O)cc4)c4ccc(S(=O)(=O)O)cc34)c(S(=O)O)cc2cc1S(=O)(=O)O. The van der Waals surface area contributed by atoms with Crippen molar-refractivity contribution >= 4 is 91.4 Å². The van der Waals surface area contributed by atoms with E-state index in [0.29, 0.717) is 0 Å². The zero-order valence-corrected chi connectivity index (χ0v) is 26.3. The molecule has 5 aromatic rings. The van der Waals surface area contributed by atoms with Gasteiger partial charge in [-0.05, 0) is 72.1 Å². The van der Waals surface area contributed by atoms with E-state index in [4.69, 9.17) is 10.3 Å². The minimum Gasteiger partial charge on any atom is -0.505 e. The fraction of sp³-hybridized carbons (Fsp3) is 0. The second-order valence-electron chi connectivity index (χ2n) is 9.56. The average Bonchev–Trinajstić information content (AvgIpc) is 2.98. The van der Waals surface area contributed by atoms with Crippen LogP contribution in [0.25, 0.3) is 21.5 Å². The highest BCUT2D eigenvalue weighted by Crippen LogP contribution is 2.43. The summed E-state index contributed by atoms with van der Waals surface area (Å²) in [5, 5.41) is 27.1. The topological polar surface area (TPSA) is 296 Å². The van der Waals surface area contributed by atoms with Gasteiger partial charge in [-0.3, -0.25) is 13.7 Å². The highest BCUT2D eigenvalue weighted by atomic mass is 32.2. The highest BCUT2D eigenvalue weighted by Gasteiger charge is 2.22. The van der Waals surface area contributed by atoms with Gasteiger partial charge in [-0.2, -0.15) is 30.4 Å². The van der Waals surface area contributed by atoms with Gasteiger partial charge < -0.3 is 15.4 Å². The first-order valence-electron chi connectivity index (χ1n) is 12.5. The number of phenolic OH excluding ortho intramolecular Hbond substituents is 1. The molecule has 17 nitrogen and oxygen atoms in total. The van der Waals surface area contributed by atoms with E-state index in [2.05, 4.69) is 20.5 Å². The lowest BCUT2D eigenvalue weighted by Gasteiger charge is -2.11. The molecule has 0 fully saturated rings. The molecule has 0 aromatic heterocycles. The van der Waals surface area contributed by atoms with Crippen LogP contribution in [-0.4, -0.2) is 52.8 Å². The molecule has 0 aliphatic rings. The van der Waals surface area contributed by atoms with Crippen molar-refractivity contribution in [1.29, 1.82) is 0 Å². The molecule has 7 N–H and O–H groups in total. The number of nitrogen functional groups attached to an aromatic ring is 1. The lowest BCUT2D eigenvalue weighted by Crippen LogP contribution is -2.03. The van der Waals surface area contributed by atoms with Crippen LogP contribution >= 0.6 is 0 Å². The smallest absolute Gasteiger partial charge is 0.296 e. The Labute approximate surface area is 267 Å². The lowest BCUT2D eigenvalue weighted by atomic mass is 10.1. The number of azo groups is 2. The molecule has 0 heterocycles. The molecule has 5 rings (SSSR count). The normalized spacial score (nSPS) is 13.6. The van der Waals surface area contributed by atoms with Gasteiger partial charge in [-0.25, -0.2) is 4.21 Å². The van der Waals surface area contributed by atoms with Gasteiger partial charge >= 0.3 is 0 Å². The van der Waals surface area contributed by atoms with Gasteiger partial charge in [0.25, 0.3) is 30.4 Å². The third kappa shape index (κ3) is 7.01. The summed E-state index contributed by atoms with van der Waals surface area (Å²) in [4.78, 5) is -2.13. The van der Waals surface area contributed by atoms with Crippen LogP contribution in [-0.2, 0) is 41.4 Å². The number of fused-ring (bicyclic) bond motifs is 2. The Morgan fingerprint density at radius 2 is 1.19 bits per heavy atom. The van der Waals surface area contributed by atoms with Crippen LogP contribution in [0, 0.1) is 0 Å². The first-order valence-corrected chi connectivity index (χ1v) is 17.9. The number of rotatable bonds is 8. The molecule has 0 saturated carbocycles. The molecule has 0 spiro atoms. The first kappa shape index (κ1) is 33.6. The fourth-order valence-corrected chi connectivity index (χ4v) is 6.53. The summed E-state index contributed by atoms with van der Waals surface area (Å²) in [6.45, 7) is 0. The largest absolute Gasteiger partial charge is 0.505 e. The van der Waals surface area contributed by atoms with Crippen molar-refractivity contribution in [2.75, 3.05) is 5.73 Å². The maximum atomic E-state index is 12.2. The first-order chi connectivity index (χ1) is 21.8. The lowest BCUT2D eigenvalue weighted by molar-refractivity contribution is 0.479. The molecule has 0 aliphatic heterocycles.